The van der Waals surface area contributed by atoms with E-state index in [2.05, 4.69) is 16.0 Å². The van der Waals surface area contributed by atoms with Gasteiger partial charge in [-0.15, -0.1) is 0 Å². The van der Waals surface area contributed by atoms with Gasteiger partial charge in [-0.3, -0.25) is 9.59 Å². The first-order valence-corrected chi connectivity index (χ1v) is 10.9. The predicted molar refractivity (Wildman–Crippen MR) is 119 cm³/mol. The molecule has 2 fully saturated rings. The zero-order valence-corrected chi connectivity index (χ0v) is 17.8. The van der Waals surface area contributed by atoms with E-state index < -0.39 is 6.03 Å². The molecule has 2 aromatic carbocycles. The highest BCUT2D eigenvalue weighted by atomic mass is 35.5. The first-order valence-electron chi connectivity index (χ1n) is 10.5. The van der Waals surface area contributed by atoms with E-state index in [0.29, 0.717) is 30.8 Å². The molecule has 1 aliphatic heterocycles. The van der Waals surface area contributed by atoms with E-state index in [1.165, 1.54) is 0 Å². The van der Waals surface area contributed by atoms with Crippen LogP contribution in [-0.4, -0.2) is 41.9 Å². The van der Waals surface area contributed by atoms with Gasteiger partial charge in [-0.25, -0.2) is 4.79 Å². The summed E-state index contributed by atoms with van der Waals surface area (Å²) in [5.74, 6) is -0.0992. The molecule has 0 spiro atoms. The molecule has 162 valence electrons. The van der Waals surface area contributed by atoms with Crippen LogP contribution in [0.3, 0.4) is 0 Å². The van der Waals surface area contributed by atoms with Gasteiger partial charge in [0.1, 0.15) is 0 Å². The Balaban J connectivity index is 1.41. The topological polar surface area (TPSA) is 90.5 Å². The third-order valence-corrected chi connectivity index (χ3v) is 5.78. The predicted octanol–water partition coefficient (Wildman–Crippen LogP) is 3.72. The fraction of sp³-hybridized carbons (Fsp3) is 0.348. The molecule has 4 rings (SSSR count). The minimum absolute atomic E-state index is 0.106. The average molecular weight is 441 g/mol. The van der Waals surface area contributed by atoms with Crippen LogP contribution in [-0.2, 0) is 4.79 Å². The number of benzene rings is 2. The van der Waals surface area contributed by atoms with E-state index in [0.717, 1.165) is 24.8 Å². The summed E-state index contributed by atoms with van der Waals surface area (Å²) < 4.78 is 0. The molecule has 0 bridgehead atoms. The van der Waals surface area contributed by atoms with Crippen LogP contribution in [0.5, 0.6) is 0 Å². The summed E-state index contributed by atoms with van der Waals surface area (Å²) in [5, 5.41) is 8.90. The summed E-state index contributed by atoms with van der Waals surface area (Å²) >= 11 is 6.27. The first kappa shape index (κ1) is 21.2. The molecule has 1 atom stereocenters. The van der Waals surface area contributed by atoms with E-state index in [1.807, 2.05) is 30.3 Å². The maximum atomic E-state index is 12.7. The van der Waals surface area contributed by atoms with Crippen molar-refractivity contribution in [1.29, 1.82) is 0 Å². The van der Waals surface area contributed by atoms with Gasteiger partial charge in [-0.1, -0.05) is 41.9 Å². The van der Waals surface area contributed by atoms with Crippen LogP contribution in [0.1, 0.15) is 47.6 Å². The third-order valence-electron chi connectivity index (χ3n) is 5.47. The van der Waals surface area contributed by atoms with Crippen molar-refractivity contribution in [3.05, 3.63) is 64.7 Å². The van der Waals surface area contributed by atoms with E-state index in [9.17, 15) is 14.4 Å². The number of hydrogen-bond donors (Lipinski definition) is 3. The second-order valence-corrected chi connectivity index (χ2v) is 8.35. The lowest BCUT2D eigenvalue weighted by atomic mass is 10.1. The minimum Gasteiger partial charge on any atom is -0.349 e. The lowest BCUT2D eigenvalue weighted by molar-refractivity contribution is -0.128. The fourth-order valence-electron chi connectivity index (χ4n) is 3.63. The fourth-order valence-corrected chi connectivity index (χ4v) is 3.90. The van der Waals surface area contributed by atoms with Gasteiger partial charge >= 0.3 is 6.03 Å². The average Bonchev–Trinajstić information content (AvgIpc) is 3.47. The second kappa shape index (κ2) is 9.39. The number of carbonyl (C=O) groups is 3. The van der Waals surface area contributed by atoms with Crippen molar-refractivity contribution in [2.75, 3.05) is 18.4 Å². The minimum atomic E-state index is -0.410. The molecule has 31 heavy (non-hydrogen) atoms. The van der Waals surface area contributed by atoms with Crippen molar-refractivity contribution < 1.29 is 14.4 Å². The second-order valence-electron chi connectivity index (χ2n) is 7.95. The highest BCUT2D eigenvalue weighted by Gasteiger charge is 2.26. The molecule has 4 amide bonds. The van der Waals surface area contributed by atoms with Crippen molar-refractivity contribution in [2.24, 2.45) is 0 Å². The number of hydrogen-bond acceptors (Lipinski definition) is 3. The number of nitrogens with one attached hydrogen (secondary N) is 3. The van der Waals surface area contributed by atoms with Gasteiger partial charge < -0.3 is 20.9 Å². The Hall–Kier alpha value is -3.06. The van der Waals surface area contributed by atoms with Crippen LogP contribution in [0.15, 0.2) is 48.5 Å². The number of anilines is 1. The molecule has 2 aromatic rings. The maximum Gasteiger partial charge on any atom is 0.319 e. The van der Waals surface area contributed by atoms with Crippen molar-refractivity contribution in [2.45, 2.75) is 37.8 Å². The number of rotatable bonds is 7. The van der Waals surface area contributed by atoms with E-state index in [4.69, 9.17) is 11.6 Å². The number of likely N-dealkylation sites (tertiary alicyclic amines) is 1. The Bertz CT molecular complexity index is 978. The van der Waals surface area contributed by atoms with Crippen molar-refractivity contribution in [3.8, 4) is 0 Å². The van der Waals surface area contributed by atoms with Crippen LogP contribution in [0.2, 0.25) is 5.02 Å². The van der Waals surface area contributed by atoms with E-state index >= 15 is 0 Å². The van der Waals surface area contributed by atoms with Gasteiger partial charge in [0.25, 0.3) is 5.91 Å². The molecule has 8 heteroatoms. The molecular formula is C23H25ClN4O3. The maximum absolute atomic E-state index is 12.7. The Labute approximate surface area is 186 Å². The van der Waals surface area contributed by atoms with E-state index in [1.54, 1.807) is 23.1 Å². The van der Waals surface area contributed by atoms with Crippen molar-refractivity contribution in [3.63, 3.8) is 0 Å². The standard InChI is InChI=1S/C23H25ClN4O3/c24-19-13-17(10-11-18(19)22(30)25-16-8-9-16)26-23(31)27-20(15-5-2-1-3-6-15)14-28-12-4-7-21(28)29/h1-3,5-6,10-11,13,16,20H,4,7-9,12,14H2,(H,25,30)(H2,26,27,31). The lowest BCUT2D eigenvalue weighted by Crippen LogP contribution is -2.40. The number of nitrogens with zero attached hydrogens (tertiary/aromatic N) is 1. The molecule has 3 N–H and O–H groups in total. The molecule has 1 saturated carbocycles. The smallest absolute Gasteiger partial charge is 0.319 e. The molecule has 1 heterocycles. The quantitative estimate of drug-likeness (QED) is 0.612. The summed E-state index contributed by atoms with van der Waals surface area (Å²) in [6, 6.07) is 13.9. The Morgan fingerprint density at radius 3 is 2.55 bits per heavy atom. The summed E-state index contributed by atoms with van der Waals surface area (Å²) in [6.45, 7) is 1.11. The largest absolute Gasteiger partial charge is 0.349 e. The summed E-state index contributed by atoms with van der Waals surface area (Å²) in [4.78, 5) is 38.7. The highest BCUT2D eigenvalue weighted by molar-refractivity contribution is 6.34. The molecule has 1 aliphatic carbocycles. The number of carbonyl (C=O) groups excluding carboxylic acids is 3. The van der Waals surface area contributed by atoms with Crippen LogP contribution in [0, 0.1) is 0 Å². The van der Waals surface area contributed by atoms with E-state index in [-0.39, 0.29) is 28.9 Å². The molecule has 1 saturated heterocycles. The normalized spacial score (nSPS) is 16.7. The van der Waals surface area contributed by atoms with Crippen LogP contribution in [0.4, 0.5) is 10.5 Å². The molecule has 2 aliphatic rings. The summed E-state index contributed by atoms with van der Waals surface area (Å²) in [7, 11) is 0. The summed E-state index contributed by atoms with van der Waals surface area (Å²) in [5.41, 5.74) is 1.78. The van der Waals surface area contributed by atoms with Crippen molar-refractivity contribution in [1.82, 2.24) is 15.5 Å². The third kappa shape index (κ3) is 5.55. The van der Waals surface area contributed by atoms with Crippen LogP contribution >= 0.6 is 11.6 Å². The monoisotopic (exact) mass is 440 g/mol. The molecule has 0 aromatic heterocycles. The molecular weight excluding hydrogens is 416 g/mol. The van der Waals surface area contributed by atoms with Crippen LogP contribution in [0.25, 0.3) is 0 Å². The zero-order chi connectivity index (χ0) is 21.8. The Morgan fingerprint density at radius 2 is 1.90 bits per heavy atom. The SMILES string of the molecule is O=C(Nc1ccc(C(=O)NC2CC2)c(Cl)c1)NC(CN1CCCC1=O)c1ccccc1. The molecule has 7 nitrogen and oxygen atoms in total. The molecule has 1 unspecified atom stereocenters. The number of amides is 4. The van der Waals surface area contributed by atoms with Gasteiger partial charge in [0.15, 0.2) is 0 Å². The van der Waals surface area contributed by atoms with Gasteiger partial charge in [0, 0.05) is 31.2 Å². The zero-order valence-electron chi connectivity index (χ0n) is 17.1. The Morgan fingerprint density at radius 1 is 1.13 bits per heavy atom. The van der Waals surface area contributed by atoms with Crippen molar-refractivity contribution >= 4 is 35.1 Å². The first-order chi connectivity index (χ1) is 15.0. The van der Waals surface area contributed by atoms with Gasteiger partial charge in [-0.2, -0.15) is 0 Å². The highest BCUT2D eigenvalue weighted by Crippen LogP contribution is 2.24. The van der Waals surface area contributed by atoms with Gasteiger partial charge in [-0.05, 0) is 43.0 Å². The number of halogens is 1. The lowest BCUT2D eigenvalue weighted by Gasteiger charge is -2.25. The number of urea groups is 1. The Kier molecular flexibility index (Phi) is 6.42. The summed E-state index contributed by atoms with van der Waals surface area (Å²) in [6.07, 6.45) is 3.38. The molecule has 0 radical (unpaired) electrons. The van der Waals surface area contributed by atoms with Gasteiger partial charge in [0.2, 0.25) is 5.91 Å². The van der Waals surface area contributed by atoms with Gasteiger partial charge in [0.05, 0.1) is 16.6 Å². The van der Waals surface area contributed by atoms with Crippen LogP contribution < -0.4 is 16.0 Å².